The van der Waals surface area contributed by atoms with Gasteiger partial charge in [0.25, 0.3) is 0 Å². The molecule has 0 aliphatic heterocycles. The maximum absolute atomic E-state index is 12.7. The molecule has 11 heavy (non-hydrogen) atoms. The van der Waals surface area contributed by atoms with Crippen LogP contribution in [0.3, 0.4) is 0 Å². The number of rotatable bonds is 1. The molecule has 0 aromatic heterocycles. The Morgan fingerprint density at radius 1 is 1.55 bits per heavy atom. The average Bonchev–Trinajstić information content (AvgIpc) is 1.96. The number of benzene rings is 1. The van der Waals surface area contributed by atoms with Crippen LogP contribution in [0.15, 0.2) is 16.6 Å². The molecule has 0 radical (unpaired) electrons. The number of hydrogen-bond acceptors (Lipinski definition) is 1. The minimum absolute atomic E-state index is 0.0387. The Kier molecular flexibility index (Phi) is 3.23. The summed E-state index contributed by atoms with van der Waals surface area (Å²) in [6.07, 6.45) is 0. The third-order valence-corrected chi connectivity index (χ3v) is 3.35. The average molecular weight is 299 g/mol. The quantitative estimate of drug-likeness (QED) is 0.572. The van der Waals surface area contributed by atoms with Crippen LogP contribution in [0.25, 0.3) is 0 Å². The van der Waals surface area contributed by atoms with E-state index in [1.807, 2.05) is 0 Å². The van der Waals surface area contributed by atoms with E-state index in [-0.39, 0.29) is 5.02 Å². The molecule has 5 heteroatoms. The predicted octanol–water partition coefficient (Wildman–Crippen LogP) is 1.92. The Morgan fingerprint density at radius 2 is 2.18 bits per heavy atom. The molecule has 0 spiro atoms. The van der Waals surface area contributed by atoms with E-state index in [4.69, 9.17) is 11.6 Å². The van der Waals surface area contributed by atoms with Crippen LogP contribution in [0, 0.1) is 5.82 Å². The molecule has 0 fully saturated rings. The molecule has 0 saturated carbocycles. The summed E-state index contributed by atoms with van der Waals surface area (Å²) in [5, 5.41) is -0.0387. The van der Waals surface area contributed by atoms with Crippen molar-refractivity contribution in [1.29, 1.82) is 0 Å². The zero-order valence-corrected chi connectivity index (χ0v) is 9.36. The molecule has 0 heterocycles. The van der Waals surface area contributed by atoms with Gasteiger partial charge in [-0.15, -0.1) is 0 Å². The first kappa shape index (κ1) is 9.37. The van der Waals surface area contributed by atoms with Gasteiger partial charge in [-0.1, -0.05) is 0 Å². The molecule has 0 unspecified atom stereocenters. The van der Waals surface area contributed by atoms with Crippen LogP contribution in [0.4, 0.5) is 4.39 Å². The van der Waals surface area contributed by atoms with E-state index < -0.39 is 21.5 Å². The Bertz CT molecular complexity index is 305. The summed E-state index contributed by atoms with van der Waals surface area (Å²) in [4.78, 5) is 0. The van der Waals surface area contributed by atoms with Gasteiger partial charge in [0.1, 0.15) is 0 Å². The zero-order valence-electron chi connectivity index (χ0n) is 5.14. The summed E-state index contributed by atoms with van der Waals surface area (Å²) >= 11 is 7.29. The monoisotopic (exact) mass is 298 g/mol. The predicted molar refractivity (Wildman–Crippen MR) is 45.2 cm³/mol. The van der Waals surface area contributed by atoms with Crippen molar-refractivity contribution in [1.82, 2.24) is 0 Å². The second-order valence-electron chi connectivity index (χ2n) is 1.81. The Labute approximate surface area is 83.0 Å². The van der Waals surface area contributed by atoms with Gasteiger partial charge in [-0.05, 0) is 0 Å². The van der Waals surface area contributed by atoms with Crippen molar-refractivity contribution in [2.75, 3.05) is 0 Å². The summed E-state index contributed by atoms with van der Waals surface area (Å²) in [6.45, 7) is 0. The Hall–Kier alpha value is 0.278. The number of halogens is 3. The molecular formula is C6H2AsBrClFO. The van der Waals surface area contributed by atoms with Crippen molar-refractivity contribution in [3.05, 3.63) is 27.4 Å². The molecule has 0 bridgehead atoms. The molecule has 0 saturated heterocycles. The van der Waals surface area contributed by atoms with Crippen LogP contribution < -0.4 is 4.35 Å². The van der Waals surface area contributed by atoms with E-state index in [0.29, 0.717) is 8.82 Å². The first-order valence-corrected chi connectivity index (χ1v) is 5.50. The normalized spacial score (nSPS) is 10.5. The summed E-state index contributed by atoms with van der Waals surface area (Å²) in [6, 6.07) is 2.79. The fraction of sp³-hybridized carbons (Fsp3) is 0. The van der Waals surface area contributed by atoms with Crippen molar-refractivity contribution in [3.8, 4) is 0 Å². The zero-order chi connectivity index (χ0) is 8.43. The molecule has 0 amide bonds. The van der Waals surface area contributed by atoms with E-state index in [9.17, 15) is 8.13 Å². The van der Waals surface area contributed by atoms with Gasteiger partial charge >= 0.3 is 83.1 Å². The molecule has 0 atom stereocenters. The Morgan fingerprint density at radius 3 is 2.73 bits per heavy atom. The fourth-order valence-electron chi connectivity index (χ4n) is 0.609. The minimum atomic E-state index is -1.27. The van der Waals surface area contributed by atoms with E-state index in [1.54, 1.807) is 6.07 Å². The molecule has 1 rings (SSSR count). The van der Waals surface area contributed by atoms with Gasteiger partial charge in [-0.3, -0.25) is 0 Å². The summed E-state index contributed by atoms with van der Waals surface area (Å²) < 4.78 is 24.1. The van der Waals surface area contributed by atoms with Gasteiger partial charge in [0.15, 0.2) is 0 Å². The van der Waals surface area contributed by atoms with Crippen LogP contribution in [-0.2, 0) is 3.74 Å². The molecule has 0 aliphatic rings. The summed E-state index contributed by atoms with van der Waals surface area (Å²) in [5.74, 6) is -0.540. The van der Waals surface area contributed by atoms with Crippen molar-refractivity contribution in [2.24, 2.45) is 0 Å². The van der Waals surface area contributed by atoms with E-state index in [2.05, 4.69) is 15.9 Å². The molecule has 0 aliphatic carbocycles. The topological polar surface area (TPSA) is 17.1 Å². The van der Waals surface area contributed by atoms with Crippen LogP contribution in [0.1, 0.15) is 0 Å². The molecule has 1 aromatic rings. The van der Waals surface area contributed by atoms with Gasteiger partial charge in [-0.25, -0.2) is 0 Å². The molecular weight excluding hydrogens is 297 g/mol. The van der Waals surface area contributed by atoms with Crippen LogP contribution in [0.5, 0.6) is 0 Å². The summed E-state index contributed by atoms with van der Waals surface area (Å²) in [5.41, 5.74) is 0. The maximum atomic E-state index is 12.7. The van der Waals surface area contributed by atoms with Gasteiger partial charge in [0, 0.05) is 0 Å². The van der Waals surface area contributed by atoms with E-state index >= 15 is 0 Å². The standard InChI is InChI=1S/C6H2AsBrClFO/c8-3-1-4(7-11)6(9)5(10)2-3/h1-2H. The third kappa shape index (κ3) is 2.11. The van der Waals surface area contributed by atoms with Gasteiger partial charge in [0.2, 0.25) is 0 Å². The molecule has 58 valence electrons. The van der Waals surface area contributed by atoms with Crippen LogP contribution in [0.2, 0.25) is 5.02 Å². The van der Waals surface area contributed by atoms with Gasteiger partial charge < -0.3 is 0 Å². The second kappa shape index (κ2) is 3.79. The molecule has 1 nitrogen and oxygen atoms in total. The number of hydrogen-bond donors (Lipinski definition) is 0. The summed E-state index contributed by atoms with van der Waals surface area (Å²) in [7, 11) is 0. The van der Waals surface area contributed by atoms with E-state index in [1.165, 1.54) is 6.07 Å². The second-order valence-corrected chi connectivity index (χ2v) is 4.50. The van der Waals surface area contributed by atoms with Gasteiger partial charge in [0.05, 0.1) is 0 Å². The molecule has 0 N–H and O–H groups in total. The van der Waals surface area contributed by atoms with Crippen LogP contribution in [-0.4, -0.2) is 15.7 Å². The van der Waals surface area contributed by atoms with Gasteiger partial charge in [-0.2, -0.15) is 0 Å². The molecule has 1 aromatic carbocycles. The van der Waals surface area contributed by atoms with Crippen molar-refractivity contribution in [2.45, 2.75) is 0 Å². The van der Waals surface area contributed by atoms with Crippen molar-refractivity contribution in [3.63, 3.8) is 0 Å². The first-order valence-electron chi connectivity index (χ1n) is 2.63. The van der Waals surface area contributed by atoms with Crippen LogP contribution >= 0.6 is 27.5 Å². The van der Waals surface area contributed by atoms with Crippen molar-refractivity contribution < 1.29 is 8.13 Å². The Balaban J connectivity index is 3.35. The SMILES string of the molecule is O=[As]c1cc(Br)cc(F)c1Cl. The fourth-order valence-corrected chi connectivity index (χ4v) is 2.51. The third-order valence-electron chi connectivity index (χ3n) is 1.07. The van der Waals surface area contributed by atoms with E-state index in [0.717, 1.165) is 0 Å². The first-order chi connectivity index (χ1) is 5.15. The van der Waals surface area contributed by atoms with Crippen molar-refractivity contribution >= 4 is 47.6 Å².